The molecule has 0 aliphatic rings. The molecule has 0 radical (unpaired) electrons. The molecule has 3 heteroatoms. The number of alkyl halides is 1. The van der Waals surface area contributed by atoms with E-state index in [4.69, 9.17) is 20.5 Å². The van der Waals surface area contributed by atoms with Gasteiger partial charge in [0.15, 0.2) is 0 Å². The molecule has 0 heterocycles. The van der Waals surface area contributed by atoms with E-state index in [-0.39, 0.29) is 0 Å². The molecule has 8 heavy (non-hydrogen) atoms. The minimum atomic E-state index is -2.10. The number of hydrogen-bond acceptors (Lipinski definition) is 0. The van der Waals surface area contributed by atoms with Crippen LogP contribution >= 0.6 is 20.5 Å². The van der Waals surface area contributed by atoms with Crippen molar-refractivity contribution in [3.05, 3.63) is 0 Å². The summed E-state index contributed by atoms with van der Waals surface area (Å²) in [6.45, 7) is 4.30. The van der Waals surface area contributed by atoms with Gasteiger partial charge in [-0.1, -0.05) is 0 Å². The zero-order valence-electron chi connectivity index (χ0n) is 5.38. The molecular weight excluding hydrogens is 250 g/mol. The number of rotatable bonds is 3. The van der Waals surface area contributed by atoms with E-state index in [1.165, 1.54) is 0 Å². The van der Waals surface area contributed by atoms with E-state index in [9.17, 15) is 0 Å². The van der Waals surface area contributed by atoms with Crippen LogP contribution in [0.25, 0.3) is 0 Å². The zero-order chi connectivity index (χ0) is 6.62. The second-order valence-corrected chi connectivity index (χ2v) is 20.5. The van der Waals surface area contributed by atoms with Gasteiger partial charge in [0.25, 0.3) is 0 Å². The fourth-order valence-corrected chi connectivity index (χ4v) is 5.48. The molecule has 0 atom stereocenters. The molecule has 0 aromatic heterocycles. The second-order valence-electron chi connectivity index (χ2n) is 1.99. The SMILES string of the molecule is C[CH2][Sn]([Cl])([CH2]C)[CH2]Cl. The quantitative estimate of drug-likeness (QED) is 0.541. The van der Waals surface area contributed by atoms with E-state index >= 15 is 0 Å². The van der Waals surface area contributed by atoms with Crippen molar-refractivity contribution >= 4 is 37.8 Å². The molecule has 0 unspecified atom stereocenters. The molecule has 0 aromatic rings. The molecule has 0 saturated heterocycles. The normalized spacial score (nSPS) is 12.0. The third-order valence-corrected chi connectivity index (χ3v) is 18.9. The van der Waals surface area contributed by atoms with Gasteiger partial charge in [-0.2, -0.15) is 0 Å². The predicted octanol–water partition coefficient (Wildman–Crippen LogP) is 2.99. The van der Waals surface area contributed by atoms with Crippen LogP contribution in [0.2, 0.25) is 8.87 Å². The third kappa shape index (κ3) is 2.79. The van der Waals surface area contributed by atoms with Crippen molar-refractivity contribution in [1.29, 1.82) is 0 Å². The van der Waals surface area contributed by atoms with Crippen molar-refractivity contribution in [3.8, 4) is 0 Å². The monoisotopic (exact) mass is 262 g/mol. The summed E-state index contributed by atoms with van der Waals surface area (Å²) < 4.78 is 3.09. The van der Waals surface area contributed by atoms with Crippen molar-refractivity contribution in [2.24, 2.45) is 0 Å². The maximum atomic E-state index is 6.17. The Morgan fingerprint density at radius 2 is 1.62 bits per heavy atom. The first kappa shape index (κ1) is 9.38. The van der Waals surface area contributed by atoms with E-state index in [0.29, 0.717) is 0 Å². The number of hydrogen-bond donors (Lipinski definition) is 0. The van der Waals surface area contributed by atoms with Gasteiger partial charge in [0, 0.05) is 0 Å². The van der Waals surface area contributed by atoms with Crippen molar-refractivity contribution < 1.29 is 0 Å². The van der Waals surface area contributed by atoms with Crippen LogP contribution < -0.4 is 0 Å². The summed E-state index contributed by atoms with van der Waals surface area (Å²) in [6, 6.07) is 0. The van der Waals surface area contributed by atoms with Gasteiger partial charge in [-0.3, -0.25) is 0 Å². The predicted molar refractivity (Wildman–Crippen MR) is 43.3 cm³/mol. The summed E-state index contributed by atoms with van der Waals surface area (Å²) in [7, 11) is 6.17. The molecular formula is C5H12Cl2Sn. The van der Waals surface area contributed by atoms with Crippen LogP contribution in [-0.2, 0) is 0 Å². The molecule has 0 spiro atoms. The van der Waals surface area contributed by atoms with E-state index in [1.54, 1.807) is 0 Å². The van der Waals surface area contributed by atoms with Crippen molar-refractivity contribution in [2.75, 3.05) is 3.90 Å². The Morgan fingerprint density at radius 1 is 1.25 bits per heavy atom. The van der Waals surface area contributed by atoms with Crippen LogP contribution in [0.1, 0.15) is 13.8 Å². The molecule has 0 bridgehead atoms. The second kappa shape index (κ2) is 4.23. The Morgan fingerprint density at radius 3 is 1.62 bits per heavy atom. The van der Waals surface area contributed by atoms with Crippen LogP contribution in [0.15, 0.2) is 0 Å². The first-order valence-corrected chi connectivity index (χ1v) is 13.1. The van der Waals surface area contributed by atoms with Crippen LogP contribution in [0.5, 0.6) is 0 Å². The summed E-state index contributed by atoms with van der Waals surface area (Å²) in [4.78, 5) is 0. The molecule has 0 rings (SSSR count). The molecule has 0 amide bonds. The van der Waals surface area contributed by atoms with E-state index in [0.717, 1.165) is 12.8 Å². The van der Waals surface area contributed by atoms with Crippen molar-refractivity contribution in [2.45, 2.75) is 22.7 Å². The zero-order valence-corrected chi connectivity index (χ0v) is 9.74. The standard InChI is InChI=1S/2C2H5.CH2Cl.ClH.Sn/c3*1-2;;/h2*1H2,2H3;1H2;1H;/q;;;;+1/p-1. The van der Waals surface area contributed by atoms with Crippen molar-refractivity contribution in [1.82, 2.24) is 0 Å². The van der Waals surface area contributed by atoms with E-state index in [2.05, 4.69) is 13.8 Å². The minimum absolute atomic E-state index is 0.767. The average Bonchev–Trinajstić information content (AvgIpc) is 1.87. The Hall–Kier alpha value is 1.38. The molecule has 0 nitrogen and oxygen atoms in total. The summed E-state index contributed by atoms with van der Waals surface area (Å²) in [5, 5.41) is 0. The number of halogens is 2. The van der Waals surface area contributed by atoms with E-state index in [1.807, 2.05) is 0 Å². The van der Waals surface area contributed by atoms with Crippen LogP contribution in [0.3, 0.4) is 0 Å². The topological polar surface area (TPSA) is 0 Å². The fraction of sp³-hybridized carbons (Fsp3) is 1.00. The summed E-state index contributed by atoms with van der Waals surface area (Å²) in [5.74, 6) is 0. The van der Waals surface area contributed by atoms with Gasteiger partial charge in [-0.15, -0.1) is 0 Å². The van der Waals surface area contributed by atoms with E-state index < -0.39 is 17.3 Å². The van der Waals surface area contributed by atoms with Crippen LogP contribution in [-0.4, -0.2) is 21.1 Å². The average molecular weight is 262 g/mol. The molecule has 0 aliphatic heterocycles. The first-order chi connectivity index (χ1) is 3.68. The van der Waals surface area contributed by atoms with Gasteiger partial charge < -0.3 is 0 Å². The molecule has 0 aromatic carbocycles. The van der Waals surface area contributed by atoms with Gasteiger partial charge in [0.1, 0.15) is 0 Å². The Labute approximate surface area is 64.1 Å². The third-order valence-electron chi connectivity index (χ3n) is 1.51. The first-order valence-electron chi connectivity index (χ1n) is 2.93. The van der Waals surface area contributed by atoms with Crippen LogP contribution in [0, 0.1) is 0 Å². The Bertz CT molecular complexity index is 53.2. The molecule has 0 saturated carbocycles. The summed E-state index contributed by atoms with van der Waals surface area (Å²) in [5.41, 5.74) is 0. The molecule has 50 valence electrons. The van der Waals surface area contributed by atoms with Gasteiger partial charge in [0.05, 0.1) is 0 Å². The summed E-state index contributed by atoms with van der Waals surface area (Å²) >= 11 is 3.57. The summed E-state index contributed by atoms with van der Waals surface area (Å²) in [6.07, 6.45) is 0. The molecule has 0 fully saturated rings. The fourth-order valence-electron chi connectivity index (χ4n) is 0.439. The van der Waals surface area contributed by atoms with Crippen LogP contribution in [0.4, 0.5) is 0 Å². The van der Waals surface area contributed by atoms with Gasteiger partial charge in [-0.25, -0.2) is 0 Å². The molecule has 0 aliphatic carbocycles. The Balaban J connectivity index is 3.58. The van der Waals surface area contributed by atoms with Gasteiger partial charge in [0.2, 0.25) is 0 Å². The Kier molecular flexibility index (Phi) is 4.96. The van der Waals surface area contributed by atoms with Gasteiger partial charge >= 0.3 is 64.4 Å². The maximum absolute atomic E-state index is 6.17. The van der Waals surface area contributed by atoms with Gasteiger partial charge in [-0.05, 0) is 0 Å². The molecule has 0 N–H and O–H groups in total. The van der Waals surface area contributed by atoms with Crippen molar-refractivity contribution in [3.63, 3.8) is 0 Å².